The van der Waals surface area contributed by atoms with Gasteiger partial charge in [0.15, 0.2) is 0 Å². The third-order valence-corrected chi connectivity index (χ3v) is 1.53. The van der Waals surface area contributed by atoms with E-state index in [2.05, 4.69) is 20.5 Å². The number of rotatable bonds is 4. The Labute approximate surface area is 85.9 Å². The Bertz CT molecular complexity index is 372. The SMILES string of the molecule is CC(C)CC(=O)Nc1n[nH]c(C(=O)O)n1. The van der Waals surface area contributed by atoms with E-state index in [1.807, 2.05) is 13.8 Å². The van der Waals surface area contributed by atoms with E-state index in [1.54, 1.807) is 0 Å². The molecule has 3 N–H and O–H groups in total. The number of aromatic amines is 1. The topological polar surface area (TPSA) is 108 Å². The number of H-pyrrole nitrogens is 1. The van der Waals surface area contributed by atoms with Gasteiger partial charge in [-0.1, -0.05) is 13.8 Å². The standard InChI is InChI=1S/C8H12N4O3/c1-4(2)3-5(13)9-8-10-6(7(14)15)11-12-8/h4H,3H2,1-2H3,(H,14,15)(H2,9,10,11,12,13). The molecular weight excluding hydrogens is 200 g/mol. The highest BCUT2D eigenvalue weighted by Crippen LogP contribution is 2.03. The molecule has 1 amide bonds. The minimum absolute atomic E-state index is 0.0157. The molecule has 1 aromatic rings. The van der Waals surface area contributed by atoms with Crippen molar-refractivity contribution >= 4 is 17.8 Å². The lowest BCUT2D eigenvalue weighted by Crippen LogP contribution is -2.14. The molecule has 0 aliphatic carbocycles. The minimum atomic E-state index is -1.22. The van der Waals surface area contributed by atoms with E-state index >= 15 is 0 Å². The van der Waals surface area contributed by atoms with Crippen molar-refractivity contribution in [3.05, 3.63) is 5.82 Å². The van der Waals surface area contributed by atoms with E-state index in [0.717, 1.165) is 0 Å². The van der Waals surface area contributed by atoms with Gasteiger partial charge in [-0.2, -0.15) is 4.98 Å². The summed E-state index contributed by atoms with van der Waals surface area (Å²) in [6.07, 6.45) is 0.344. The summed E-state index contributed by atoms with van der Waals surface area (Å²) in [5.74, 6) is -1.54. The van der Waals surface area contributed by atoms with Gasteiger partial charge >= 0.3 is 5.97 Å². The number of nitrogens with one attached hydrogen (secondary N) is 2. The van der Waals surface area contributed by atoms with Gasteiger partial charge in [0, 0.05) is 6.42 Å². The van der Waals surface area contributed by atoms with Crippen LogP contribution in [0.5, 0.6) is 0 Å². The molecule has 0 aliphatic heterocycles. The first-order valence-corrected chi connectivity index (χ1v) is 4.44. The van der Waals surface area contributed by atoms with Crippen molar-refractivity contribution in [2.45, 2.75) is 20.3 Å². The van der Waals surface area contributed by atoms with E-state index in [-0.39, 0.29) is 23.6 Å². The Balaban J connectivity index is 2.57. The number of hydrogen-bond acceptors (Lipinski definition) is 4. The molecule has 82 valence electrons. The first-order chi connectivity index (χ1) is 6.99. The second-order valence-corrected chi connectivity index (χ2v) is 3.46. The number of nitrogens with zero attached hydrogens (tertiary/aromatic N) is 2. The van der Waals surface area contributed by atoms with Crippen LogP contribution in [0.15, 0.2) is 0 Å². The van der Waals surface area contributed by atoms with E-state index < -0.39 is 5.97 Å². The normalized spacial score (nSPS) is 10.3. The Morgan fingerprint density at radius 3 is 2.67 bits per heavy atom. The zero-order chi connectivity index (χ0) is 11.4. The number of carboxylic acid groups (broad SMARTS) is 1. The number of aromatic carboxylic acids is 1. The Morgan fingerprint density at radius 2 is 2.20 bits per heavy atom. The van der Waals surface area contributed by atoms with Crippen molar-refractivity contribution in [3.8, 4) is 0 Å². The molecule has 0 aliphatic rings. The van der Waals surface area contributed by atoms with Crippen LogP contribution in [-0.4, -0.2) is 32.2 Å². The zero-order valence-electron chi connectivity index (χ0n) is 8.44. The van der Waals surface area contributed by atoms with Crippen LogP contribution in [0.3, 0.4) is 0 Å². The van der Waals surface area contributed by atoms with Crippen molar-refractivity contribution in [1.82, 2.24) is 15.2 Å². The highest BCUT2D eigenvalue weighted by atomic mass is 16.4. The Kier molecular flexibility index (Phi) is 3.37. The summed E-state index contributed by atoms with van der Waals surface area (Å²) in [7, 11) is 0. The average molecular weight is 212 g/mol. The minimum Gasteiger partial charge on any atom is -0.475 e. The molecular formula is C8H12N4O3. The van der Waals surface area contributed by atoms with Gasteiger partial charge < -0.3 is 5.11 Å². The predicted molar refractivity (Wildman–Crippen MR) is 51.4 cm³/mol. The second kappa shape index (κ2) is 4.54. The summed E-state index contributed by atoms with van der Waals surface area (Å²) in [4.78, 5) is 25.2. The molecule has 1 heterocycles. The van der Waals surface area contributed by atoms with E-state index in [9.17, 15) is 9.59 Å². The third-order valence-electron chi connectivity index (χ3n) is 1.53. The number of anilines is 1. The van der Waals surface area contributed by atoms with Crippen LogP contribution >= 0.6 is 0 Å². The first kappa shape index (κ1) is 11.2. The van der Waals surface area contributed by atoms with Crippen molar-refractivity contribution in [1.29, 1.82) is 0 Å². The smallest absolute Gasteiger partial charge is 0.373 e. The van der Waals surface area contributed by atoms with Gasteiger partial charge in [0.2, 0.25) is 17.7 Å². The molecule has 0 atom stereocenters. The van der Waals surface area contributed by atoms with Gasteiger partial charge in [0.05, 0.1) is 0 Å². The fourth-order valence-electron chi connectivity index (χ4n) is 0.960. The Hall–Kier alpha value is -1.92. The fourth-order valence-corrected chi connectivity index (χ4v) is 0.960. The van der Waals surface area contributed by atoms with Crippen LogP contribution in [0.25, 0.3) is 0 Å². The summed E-state index contributed by atoms with van der Waals surface area (Å²) in [6.45, 7) is 3.81. The van der Waals surface area contributed by atoms with Crippen LogP contribution < -0.4 is 5.32 Å². The molecule has 1 aromatic heterocycles. The maximum Gasteiger partial charge on any atom is 0.373 e. The zero-order valence-corrected chi connectivity index (χ0v) is 8.44. The molecule has 0 unspecified atom stereocenters. The number of carbonyl (C=O) groups is 2. The monoisotopic (exact) mass is 212 g/mol. The third kappa shape index (κ3) is 3.37. The van der Waals surface area contributed by atoms with Crippen LogP contribution in [0, 0.1) is 5.92 Å². The molecule has 0 bridgehead atoms. The number of aromatic nitrogens is 3. The predicted octanol–water partition coefficient (Wildman–Crippen LogP) is 0.487. The van der Waals surface area contributed by atoms with Gasteiger partial charge in [0.25, 0.3) is 0 Å². The van der Waals surface area contributed by atoms with Gasteiger partial charge in [-0.3, -0.25) is 15.2 Å². The molecule has 15 heavy (non-hydrogen) atoms. The van der Waals surface area contributed by atoms with Crippen molar-refractivity contribution < 1.29 is 14.7 Å². The molecule has 0 radical (unpaired) electrons. The summed E-state index contributed by atoms with van der Waals surface area (Å²) in [5.41, 5.74) is 0. The lowest BCUT2D eigenvalue weighted by molar-refractivity contribution is -0.116. The number of carboxylic acids is 1. The molecule has 7 nitrogen and oxygen atoms in total. The van der Waals surface area contributed by atoms with E-state index in [4.69, 9.17) is 5.11 Å². The molecule has 0 saturated carbocycles. The quantitative estimate of drug-likeness (QED) is 0.673. The van der Waals surface area contributed by atoms with Gasteiger partial charge in [-0.15, -0.1) is 5.10 Å². The summed E-state index contributed by atoms with van der Waals surface area (Å²) >= 11 is 0. The summed E-state index contributed by atoms with van der Waals surface area (Å²) in [5, 5.41) is 16.6. The molecule has 0 saturated heterocycles. The molecule has 7 heteroatoms. The van der Waals surface area contributed by atoms with E-state index in [0.29, 0.717) is 6.42 Å². The highest BCUT2D eigenvalue weighted by Gasteiger charge is 2.12. The molecule has 0 aromatic carbocycles. The summed E-state index contributed by atoms with van der Waals surface area (Å²) < 4.78 is 0. The maximum atomic E-state index is 11.2. The lowest BCUT2D eigenvalue weighted by Gasteiger charge is -2.02. The molecule has 0 spiro atoms. The molecule has 1 rings (SSSR count). The van der Waals surface area contributed by atoms with Gasteiger partial charge in [0.1, 0.15) is 0 Å². The second-order valence-electron chi connectivity index (χ2n) is 3.46. The van der Waals surface area contributed by atoms with Crippen LogP contribution in [0.1, 0.15) is 30.9 Å². The van der Waals surface area contributed by atoms with Crippen molar-refractivity contribution in [2.75, 3.05) is 5.32 Å². The fraction of sp³-hybridized carbons (Fsp3) is 0.500. The number of amides is 1. The van der Waals surface area contributed by atoms with Crippen molar-refractivity contribution in [2.24, 2.45) is 5.92 Å². The van der Waals surface area contributed by atoms with Gasteiger partial charge in [-0.05, 0) is 5.92 Å². The largest absolute Gasteiger partial charge is 0.475 e. The van der Waals surface area contributed by atoms with Crippen molar-refractivity contribution in [3.63, 3.8) is 0 Å². The van der Waals surface area contributed by atoms with Crippen LogP contribution in [0.2, 0.25) is 0 Å². The Morgan fingerprint density at radius 1 is 1.53 bits per heavy atom. The van der Waals surface area contributed by atoms with Crippen LogP contribution in [0.4, 0.5) is 5.95 Å². The highest BCUT2D eigenvalue weighted by molar-refractivity contribution is 5.90. The number of hydrogen-bond donors (Lipinski definition) is 3. The van der Waals surface area contributed by atoms with Crippen LogP contribution in [-0.2, 0) is 4.79 Å². The summed E-state index contributed by atoms with van der Waals surface area (Å²) in [6, 6.07) is 0. The average Bonchev–Trinajstić information content (AvgIpc) is 2.50. The first-order valence-electron chi connectivity index (χ1n) is 4.44. The van der Waals surface area contributed by atoms with Gasteiger partial charge in [-0.25, -0.2) is 4.79 Å². The maximum absolute atomic E-state index is 11.2. The van der Waals surface area contributed by atoms with E-state index in [1.165, 1.54) is 0 Å². The molecule has 0 fully saturated rings. The lowest BCUT2D eigenvalue weighted by atomic mass is 10.1. The number of carbonyl (C=O) groups excluding carboxylic acids is 1.